The van der Waals surface area contributed by atoms with Gasteiger partial charge in [-0.2, -0.15) is 0 Å². The molecule has 6 nitrogen and oxygen atoms in total. The van der Waals surface area contributed by atoms with Crippen molar-refractivity contribution in [2.24, 2.45) is 11.8 Å². The van der Waals surface area contributed by atoms with Crippen LogP contribution in [0, 0.1) is 11.8 Å². The fraction of sp³-hybridized carbons (Fsp3) is 0.429. The van der Waals surface area contributed by atoms with E-state index in [1.165, 1.54) is 18.9 Å². The van der Waals surface area contributed by atoms with Gasteiger partial charge >= 0.3 is 12.1 Å². The van der Waals surface area contributed by atoms with Crippen molar-refractivity contribution in [1.29, 1.82) is 0 Å². The maximum atomic E-state index is 12.1. The number of alkyl carbamates (subject to hydrolysis) is 1. The first-order chi connectivity index (χ1) is 13.1. The van der Waals surface area contributed by atoms with Crippen molar-refractivity contribution in [3.63, 3.8) is 0 Å². The lowest BCUT2D eigenvalue weighted by atomic mass is 9.84. The van der Waals surface area contributed by atoms with E-state index in [-0.39, 0.29) is 11.8 Å². The largest absolute Gasteiger partial charge is 0.466 e. The number of amides is 1. The van der Waals surface area contributed by atoms with E-state index in [0.717, 1.165) is 18.4 Å². The van der Waals surface area contributed by atoms with Gasteiger partial charge < -0.3 is 19.5 Å². The van der Waals surface area contributed by atoms with Crippen molar-refractivity contribution < 1.29 is 23.8 Å². The van der Waals surface area contributed by atoms with Gasteiger partial charge in [-0.25, -0.2) is 9.59 Å². The molecule has 1 amide bonds. The summed E-state index contributed by atoms with van der Waals surface area (Å²) < 4.78 is 15.9. The molecule has 0 fully saturated rings. The summed E-state index contributed by atoms with van der Waals surface area (Å²) in [5, 5.41) is 2.77. The van der Waals surface area contributed by atoms with E-state index in [1.54, 1.807) is 0 Å². The molecule has 0 bridgehead atoms. The van der Waals surface area contributed by atoms with Crippen LogP contribution in [0.25, 0.3) is 0 Å². The maximum Gasteiger partial charge on any atom is 0.410 e. The highest BCUT2D eigenvalue weighted by Gasteiger charge is 2.44. The van der Waals surface area contributed by atoms with Gasteiger partial charge in [-0.1, -0.05) is 42.0 Å². The van der Waals surface area contributed by atoms with Crippen LogP contribution in [0.5, 0.6) is 0 Å². The Hall–Kier alpha value is -2.76. The van der Waals surface area contributed by atoms with Crippen LogP contribution in [-0.2, 0) is 25.4 Å². The molecule has 1 heterocycles. The number of hydrogen-bond donors (Lipinski definition) is 1. The molecule has 27 heavy (non-hydrogen) atoms. The zero-order chi connectivity index (χ0) is 19.2. The number of fused-ring (bicyclic) bond motifs is 1. The molecule has 0 saturated carbocycles. The molecule has 2 aliphatic rings. The number of esters is 1. The number of benzene rings is 1. The standard InChI is InChI=1S/C21H25NO5/c1-14-10-11-16-17(19(23)25-2)13-26-20(18(14)16)27-21(24)22-12-6-9-15-7-4-3-5-8-15/h3-5,7-8,10,13,16,18,20H,6,9,11-12H2,1-2H3,(H,22,24). The third-order valence-electron chi connectivity index (χ3n) is 5.07. The number of methoxy groups -OCH3 is 1. The van der Waals surface area contributed by atoms with Gasteiger partial charge in [0.1, 0.15) is 0 Å². The molecule has 3 atom stereocenters. The van der Waals surface area contributed by atoms with E-state index in [0.29, 0.717) is 18.5 Å². The molecule has 1 aliphatic heterocycles. The van der Waals surface area contributed by atoms with Crippen molar-refractivity contribution >= 4 is 12.1 Å². The second-order valence-electron chi connectivity index (χ2n) is 6.81. The van der Waals surface area contributed by atoms with Gasteiger partial charge in [0.2, 0.25) is 0 Å². The second kappa shape index (κ2) is 8.75. The molecule has 3 rings (SSSR count). The number of ether oxygens (including phenoxy) is 3. The molecular weight excluding hydrogens is 346 g/mol. The normalized spacial score (nSPS) is 23.4. The number of hydrogen-bond acceptors (Lipinski definition) is 5. The van der Waals surface area contributed by atoms with Crippen LogP contribution in [0.15, 0.2) is 53.8 Å². The Labute approximate surface area is 159 Å². The Morgan fingerprint density at radius 2 is 2.04 bits per heavy atom. The van der Waals surface area contributed by atoms with Gasteiger partial charge in [0.05, 0.1) is 24.9 Å². The average molecular weight is 371 g/mol. The Morgan fingerprint density at radius 3 is 2.78 bits per heavy atom. The summed E-state index contributed by atoms with van der Waals surface area (Å²) in [5.74, 6) is -0.654. The Kier molecular flexibility index (Phi) is 6.16. The zero-order valence-electron chi connectivity index (χ0n) is 15.6. The van der Waals surface area contributed by atoms with E-state index >= 15 is 0 Å². The van der Waals surface area contributed by atoms with Crippen LogP contribution in [0.3, 0.4) is 0 Å². The molecule has 0 saturated heterocycles. The smallest absolute Gasteiger partial charge is 0.410 e. The summed E-state index contributed by atoms with van der Waals surface area (Å²) in [4.78, 5) is 24.1. The highest BCUT2D eigenvalue weighted by molar-refractivity contribution is 5.89. The van der Waals surface area contributed by atoms with Crippen LogP contribution in [0.4, 0.5) is 4.79 Å². The predicted molar refractivity (Wildman–Crippen MR) is 99.6 cm³/mol. The summed E-state index contributed by atoms with van der Waals surface area (Å²) in [5.41, 5.74) is 2.77. The first-order valence-electron chi connectivity index (χ1n) is 9.19. The number of rotatable bonds is 6. The number of carbonyl (C=O) groups is 2. The molecule has 1 aromatic carbocycles. The number of carbonyl (C=O) groups excluding carboxylic acids is 2. The third-order valence-corrected chi connectivity index (χ3v) is 5.07. The first kappa shape index (κ1) is 19.0. The molecule has 144 valence electrons. The summed E-state index contributed by atoms with van der Waals surface area (Å²) >= 11 is 0. The van der Waals surface area contributed by atoms with Crippen molar-refractivity contribution in [1.82, 2.24) is 5.32 Å². The second-order valence-corrected chi connectivity index (χ2v) is 6.81. The van der Waals surface area contributed by atoms with Gasteiger partial charge in [-0.3, -0.25) is 0 Å². The van der Waals surface area contributed by atoms with Gasteiger partial charge in [-0.15, -0.1) is 0 Å². The molecule has 6 heteroatoms. The summed E-state index contributed by atoms with van der Waals surface area (Å²) in [6, 6.07) is 10.1. The molecule has 0 aromatic heterocycles. The molecule has 1 N–H and O–H groups in total. The molecule has 0 radical (unpaired) electrons. The van der Waals surface area contributed by atoms with E-state index < -0.39 is 18.4 Å². The lowest BCUT2D eigenvalue weighted by Gasteiger charge is -2.33. The Balaban J connectivity index is 1.50. The van der Waals surface area contributed by atoms with E-state index in [4.69, 9.17) is 14.2 Å². The zero-order valence-corrected chi connectivity index (χ0v) is 15.6. The van der Waals surface area contributed by atoms with Crippen LogP contribution < -0.4 is 5.32 Å². The monoisotopic (exact) mass is 371 g/mol. The molecule has 0 spiro atoms. The van der Waals surface area contributed by atoms with E-state index in [1.807, 2.05) is 25.1 Å². The summed E-state index contributed by atoms with van der Waals surface area (Å²) in [6.45, 7) is 2.48. The lowest BCUT2D eigenvalue weighted by molar-refractivity contribution is -0.141. The molecule has 1 aliphatic carbocycles. The topological polar surface area (TPSA) is 73.9 Å². The molecule has 1 aromatic rings. The van der Waals surface area contributed by atoms with Crippen LogP contribution >= 0.6 is 0 Å². The van der Waals surface area contributed by atoms with Crippen molar-refractivity contribution in [3.8, 4) is 0 Å². The fourth-order valence-corrected chi connectivity index (χ4v) is 3.64. The SMILES string of the molecule is COC(=O)C1=COC(OC(=O)NCCCc2ccccc2)C2C(C)=CCC12. The third kappa shape index (κ3) is 4.51. The highest BCUT2D eigenvalue weighted by Crippen LogP contribution is 2.43. The van der Waals surface area contributed by atoms with Crippen molar-refractivity contribution in [3.05, 3.63) is 59.4 Å². The summed E-state index contributed by atoms with van der Waals surface area (Å²) in [7, 11) is 1.35. The average Bonchev–Trinajstić information content (AvgIpc) is 3.08. The molecule has 3 unspecified atom stereocenters. The van der Waals surface area contributed by atoms with Crippen molar-refractivity contribution in [2.45, 2.75) is 32.5 Å². The minimum Gasteiger partial charge on any atom is -0.466 e. The lowest BCUT2D eigenvalue weighted by Crippen LogP contribution is -2.40. The van der Waals surface area contributed by atoms with Crippen LogP contribution in [0.2, 0.25) is 0 Å². The minimum atomic E-state index is -0.740. The van der Waals surface area contributed by atoms with Crippen molar-refractivity contribution in [2.75, 3.05) is 13.7 Å². The van der Waals surface area contributed by atoms with E-state index in [2.05, 4.69) is 23.5 Å². The quantitative estimate of drug-likeness (QED) is 0.472. The predicted octanol–water partition coefficient (Wildman–Crippen LogP) is 3.34. The Morgan fingerprint density at radius 1 is 1.26 bits per heavy atom. The number of allylic oxidation sites excluding steroid dienone is 1. The maximum absolute atomic E-state index is 12.1. The van der Waals surface area contributed by atoms with Gasteiger partial charge in [0.25, 0.3) is 6.29 Å². The Bertz CT molecular complexity index is 740. The van der Waals surface area contributed by atoms with Crippen LogP contribution in [-0.4, -0.2) is 32.0 Å². The highest BCUT2D eigenvalue weighted by atomic mass is 16.7. The summed E-state index contributed by atoms with van der Waals surface area (Å²) in [6.07, 6.45) is 4.58. The number of aryl methyl sites for hydroxylation is 1. The number of nitrogens with one attached hydrogen (secondary N) is 1. The van der Waals surface area contributed by atoms with Crippen LogP contribution in [0.1, 0.15) is 25.3 Å². The van der Waals surface area contributed by atoms with Gasteiger partial charge in [-0.05, 0) is 31.7 Å². The fourth-order valence-electron chi connectivity index (χ4n) is 3.64. The minimum absolute atomic E-state index is 0.0814. The van der Waals surface area contributed by atoms with Gasteiger partial charge in [0.15, 0.2) is 0 Å². The van der Waals surface area contributed by atoms with Gasteiger partial charge in [0, 0.05) is 12.5 Å². The molecular formula is C21H25NO5. The first-order valence-corrected chi connectivity index (χ1v) is 9.19. The van der Waals surface area contributed by atoms with E-state index in [9.17, 15) is 9.59 Å².